The second-order valence-electron chi connectivity index (χ2n) is 5.18. The van der Waals surface area contributed by atoms with Crippen molar-refractivity contribution in [3.05, 3.63) is 41.5 Å². The predicted octanol–water partition coefficient (Wildman–Crippen LogP) is 2.45. The number of hydrogen-bond donors (Lipinski definition) is 1. The SMILES string of the molecule is COc1ccc(C)cc1C(O)Cc1ncnn1C(C)C. The molecular weight excluding hydrogens is 254 g/mol. The molecular formula is C15H21N3O2. The predicted molar refractivity (Wildman–Crippen MR) is 76.8 cm³/mol. The number of methoxy groups -OCH3 is 1. The lowest BCUT2D eigenvalue weighted by Crippen LogP contribution is -2.12. The van der Waals surface area contributed by atoms with E-state index in [9.17, 15) is 5.11 Å². The minimum Gasteiger partial charge on any atom is -0.496 e. The molecule has 2 aromatic rings. The third-order valence-electron chi connectivity index (χ3n) is 3.26. The summed E-state index contributed by atoms with van der Waals surface area (Å²) in [4.78, 5) is 4.23. The van der Waals surface area contributed by atoms with Crippen molar-refractivity contribution in [1.29, 1.82) is 0 Å². The Kier molecular flexibility index (Phi) is 4.39. The second kappa shape index (κ2) is 6.05. The van der Waals surface area contributed by atoms with Crippen molar-refractivity contribution in [3.63, 3.8) is 0 Å². The van der Waals surface area contributed by atoms with Crippen LogP contribution in [0.25, 0.3) is 0 Å². The molecule has 108 valence electrons. The largest absolute Gasteiger partial charge is 0.496 e. The average Bonchev–Trinajstić information content (AvgIpc) is 2.87. The van der Waals surface area contributed by atoms with E-state index in [1.54, 1.807) is 7.11 Å². The van der Waals surface area contributed by atoms with Gasteiger partial charge in [0.15, 0.2) is 0 Å². The number of aliphatic hydroxyl groups is 1. The van der Waals surface area contributed by atoms with Gasteiger partial charge in [0.1, 0.15) is 17.9 Å². The molecule has 0 saturated carbocycles. The van der Waals surface area contributed by atoms with Crippen LogP contribution in [0.4, 0.5) is 0 Å². The number of nitrogens with zero attached hydrogens (tertiary/aromatic N) is 3. The zero-order valence-corrected chi connectivity index (χ0v) is 12.4. The number of aromatic nitrogens is 3. The number of rotatable bonds is 5. The maximum atomic E-state index is 10.5. The Morgan fingerprint density at radius 2 is 2.10 bits per heavy atom. The van der Waals surface area contributed by atoms with Crippen molar-refractivity contribution in [2.24, 2.45) is 0 Å². The third-order valence-corrected chi connectivity index (χ3v) is 3.26. The van der Waals surface area contributed by atoms with Crippen molar-refractivity contribution >= 4 is 0 Å². The summed E-state index contributed by atoms with van der Waals surface area (Å²) in [6, 6.07) is 6.01. The van der Waals surface area contributed by atoms with E-state index in [1.807, 2.05) is 43.7 Å². The van der Waals surface area contributed by atoms with Crippen LogP contribution in [0.2, 0.25) is 0 Å². The Balaban J connectivity index is 2.26. The standard InChI is InChI=1S/C15H21N3O2/c1-10(2)18-15(16-9-17-18)8-13(19)12-7-11(3)5-6-14(12)20-4/h5-7,9-10,13,19H,8H2,1-4H3. The highest BCUT2D eigenvalue weighted by Crippen LogP contribution is 2.28. The first-order valence-corrected chi connectivity index (χ1v) is 6.74. The van der Waals surface area contributed by atoms with Crippen molar-refractivity contribution in [2.75, 3.05) is 7.11 Å². The van der Waals surface area contributed by atoms with Gasteiger partial charge in [0.2, 0.25) is 0 Å². The van der Waals surface area contributed by atoms with Gasteiger partial charge in [-0.2, -0.15) is 5.10 Å². The smallest absolute Gasteiger partial charge is 0.138 e. The van der Waals surface area contributed by atoms with E-state index in [1.165, 1.54) is 6.33 Å². The molecule has 0 amide bonds. The van der Waals surface area contributed by atoms with Crippen LogP contribution >= 0.6 is 0 Å². The zero-order chi connectivity index (χ0) is 14.7. The van der Waals surface area contributed by atoms with E-state index >= 15 is 0 Å². The average molecular weight is 275 g/mol. The van der Waals surface area contributed by atoms with E-state index in [0.717, 1.165) is 17.0 Å². The summed E-state index contributed by atoms with van der Waals surface area (Å²) >= 11 is 0. The van der Waals surface area contributed by atoms with Gasteiger partial charge in [-0.3, -0.25) is 0 Å². The molecule has 20 heavy (non-hydrogen) atoms. The fraction of sp³-hybridized carbons (Fsp3) is 0.467. The van der Waals surface area contributed by atoms with Gasteiger partial charge in [-0.1, -0.05) is 11.6 Å². The molecule has 0 radical (unpaired) electrons. The molecule has 0 aliphatic heterocycles. The molecule has 1 aromatic heterocycles. The maximum Gasteiger partial charge on any atom is 0.138 e. The van der Waals surface area contributed by atoms with Crippen LogP contribution in [0, 0.1) is 6.92 Å². The quantitative estimate of drug-likeness (QED) is 0.910. The highest BCUT2D eigenvalue weighted by Gasteiger charge is 2.18. The van der Waals surface area contributed by atoms with Crippen LogP contribution in [0.15, 0.2) is 24.5 Å². The van der Waals surface area contributed by atoms with Gasteiger partial charge in [0.25, 0.3) is 0 Å². The van der Waals surface area contributed by atoms with Gasteiger partial charge >= 0.3 is 0 Å². The number of hydrogen-bond acceptors (Lipinski definition) is 4. The van der Waals surface area contributed by atoms with Crippen molar-refractivity contribution in [1.82, 2.24) is 14.8 Å². The molecule has 1 N–H and O–H groups in total. The minimum atomic E-state index is -0.661. The first-order chi connectivity index (χ1) is 9.52. The summed E-state index contributed by atoms with van der Waals surface area (Å²) in [5.74, 6) is 1.47. The molecule has 2 rings (SSSR count). The van der Waals surface area contributed by atoms with E-state index in [0.29, 0.717) is 12.2 Å². The molecule has 5 nitrogen and oxygen atoms in total. The van der Waals surface area contributed by atoms with Crippen LogP contribution in [0.5, 0.6) is 5.75 Å². The first kappa shape index (κ1) is 14.5. The topological polar surface area (TPSA) is 60.2 Å². The van der Waals surface area contributed by atoms with Crippen molar-refractivity contribution in [3.8, 4) is 5.75 Å². The van der Waals surface area contributed by atoms with Gasteiger partial charge in [-0.25, -0.2) is 9.67 Å². The van der Waals surface area contributed by atoms with E-state index < -0.39 is 6.10 Å². The lowest BCUT2D eigenvalue weighted by Gasteiger charge is -2.16. The molecule has 1 unspecified atom stereocenters. The Morgan fingerprint density at radius 1 is 1.35 bits per heavy atom. The fourth-order valence-electron chi connectivity index (χ4n) is 2.25. The molecule has 0 spiro atoms. The number of ether oxygens (including phenoxy) is 1. The Labute approximate surface area is 119 Å². The number of aliphatic hydroxyl groups excluding tert-OH is 1. The van der Waals surface area contributed by atoms with Crippen molar-refractivity contribution in [2.45, 2.75) is 39.3 Å². The lowest BCUT2D eigenvalue weighted by molar-refractivity contribution is 0.169. The Bertz CT molecular complexity index is 578. The number of benzene rings is 1. The lowest BCUT2D eigenvalue weighted by atomic mass is 10.0. The summed E-state index contributed by atoms with van der Waals surface area (Å²) in [6.07, 6.45) is 1.28. The molecule has 0 aliphatic carbocycles. The fourth-order valence-corrected chi connectivity index (χ4v) is 2.25. The van der Waals surface area contributed by atoms with Gasteiger partial charge in [-0.05, 0) is 32.9 Å². The first-order valence-electron chi connectivity index (χ1n) is 6.74. The van der Waals surface area contributed by atoms with Crippen molar-refractivity contribution < 1.29 is 9.84 Å². The minimum absolute atomic E-state index is 0.221. The van der Waals surface area contributed by atoms with E-state index in [-0.39, 0.29) is 6.04 Å². The van der Waals surface area contributed by atoms with Crippen LogP contribution in [-0.2, 0) is 6.42 Å². The highest BCUT2D eigenvalue weighted by molar-refractivity contribution is 5.38. The van der Waals surface area contributed by atoms with Gasteiger partial charge < -0.3 is 9.84 Å². The monoisotopic (exact) mass is 275 g/mol. The maximum absolute atomic E-state index is 10.5. The molecule has 1 heterocycles. The summed E-state index contributed by atoms with van der Waals surface area (Å²) in [7, 11) is 1.61. The molecule has 0 fully saturated rings. The van der Waals surface area contributed by atoms with Gasteiger partial charge in [-0.15, -0.1) is 0 Å². The Morgan fingerprint density at radius 3 is 2.75 bits per heavy atom. The molecule has 0 aliphatic rings. The summed E-state index contributed by atoms with van der Waals surface area (Å²) in [5, 5.41) is 14.7. The van der Waals surface area contributed by atoms with Gasteiger partial charge in [0.05, 0.1) is 13.2 Å². The summed E-state index contributed by atoms with van der Waals surface area (Å²) in [6.45, 7) is 6.07. The highest BCUT2D eigenvalue weighted by atomic mass is 16.5. The zero-order valence-electron chi connectivity index (χ0n) is 12.4. The summed E-state index contributed by atoms with van der Waals surface area (Å²) in [5.41, 5.74) is 1.87. The van der Waals surface area contributed by atoms with E-state index in [4.69, 9.17) is 4.74 Å². The molecule has 1 aromatic carbocycles. The molecule has 1 atom stereocenters. The number of aryl methyl sites for hydroxylation is 1. The van der Waals surface area contributed by atoms with Crippen LogP contribution in [0.3, 0.4) is 0 Å². The molecule has 5 heteroatoms. The third kappa shape index (κ3) is 2.99. The van der Waals surface area contributed by atoms with Crippen LogP contribution in [-0.4, -0.2) is 27.0 Å². The second-order valence-corrected chi connectivity index (χ2v) is 5.18. The van der Waals surface area contributed by atoms with Gasteiger partial charge in [0, 0.05) is 18.0 Å². The van der Waals surface area contributed by atoms with E-state index in [2.05, 4.69) is 10.1 Å². The molecule has 0 bridgehead atoms. The summed E-state index contributed by atoms with van der Waals surface area (Å²) < 4.78 is 7.14. The normalized spacial score (nSPS) is 12.7. The van der Waals surface area contributed by atoms with Crippen LogP contribution < -0.4 is 4.74 Å². The van der Waals surface area contributed by atoms with Crippen LogP contribution in [0.1, 0.15) is 42.9 Å². The molecule has 0 saturated heterocycles. The Hall–Kier alpha value is -1.88.